The van der Waals surface area contributed by atoms with Gasteiger partial charge in [-0.05, 0) is 13.3 Å². The zero-order chi connectivity index (χ0) is 19.6. The van der Waals surface area contributed by atoms with Crippen molar-refractivity contribution in [2.75, 3.05) is 13.2 Å². The van der Waals surface area contributed by atoms with Gasteiger partial charge in [0.2, 0.25) is 23.6 Å². The molecule has 0 aromatic carbocycles. The minimum atomic E-state index is -1.28. The summed E-state index contributed by atoms with van der Waals surface area (Å²) in [6.45, 7) is 0.0925. The van der Waals surface area contributed by atoms with Crippen LogP contribution in [0.5, 0.6) is 0 Å². The molecule has 0 saturated heterocycles. The molecule has 0 aliphatic carbocycles. The Bertz CT molecular complexity index is 525. The molecule has 25 heavy (non-hydrogen) atoms. The molecule has 3 atom stereocenters. The average Bonchev–Trinajstić information content (AvgIpc) is 2.54. The van der Waals surface area contributed by atoms with Gasteiger partial charge in [-0.2, -0.15) is 0 Å². The molecule has 0 saturated carbocycles. The first-order chi connectivity index (χ1) is 11.6. The number of aliphatic carboxylic acids is 1. The molecule has 0 aromatic heterocycles. The van der Waals surface area contributed by atoms with Crippen molar-refractivity contribution in [3.63, 3.8) is 0 Å². The van der Waals surface area contributed by atoms with E-state index in [1.165, 1.54) is 6.92 Å². The smallest absolute Gasteiger partial charge is 0.325 e. The minimum absolute atomic E-state index is 0.149. The number of carboxylic acids is 1. The van der Waals surface area contributed by atoms with Gasteiger partial charge >= 0.3 is 5.97 Å². The number of nitrogens with one attached hydrogen (secondary N) is 3. The molecule has 3 unspecified atom stereocenters. The number of carboxylic acid groups (broad SMARTS) is 1. The number of aliphatic hydroxyl groups excluding tert-OH is 1. The fourth-order valence-corrected chi connectivity index (χ4v) is 1.56. The summed E-state index contributed by atoms with van der Waals surface area (Å²) < 4.78 is 0. The van der Waals surface area contributed by atoms with E-state index >= 15 is 0 Å². The molecule has 9 N–H and O–H groups in total. The lowest BCUT2D eigenvalue weighted by molar-refractivity contribution is -0.141. The summed E-state index contributed by atoms with van der Waals surface area (Å²) in [5.41, 5.74) is 10.2. The average molecular weight is 361 g/mol. The third kappa shape index (κ3) is 9.22. The molecular formula is C13H23N5O7. The number of hydrogen-bond acceptors (Lipinski definition) is 7. The number of carbonyl (C=O) groups is 5. The maximum atomic E-state index is 12.0. The van der Waals surface area contributed by atoms with Gasteiger partial charge in [-0.3, -0.25) is 24.0 Å². The van der Waals surface area contributed by atoms with E-state index in [4.69, 9.17) is 21.7 Å². The van der Waals surface area contributed by atoms with Crippen LogP contribution in [0.25, 0.3) is 0 Å². The first-order valence-electron chi connectivity index (χ1n) is 7.33. The van der Waals surface area contributed by atoms with E-state index in [0.29, 0.717) is 0 Å². The second-order valence-electron chi connectivity index (χ2n) is 5.20. The summed E-state index contributed by atoms with van der Waals surface area (Å²) in [6, 6.07) is -3.62. The third-order valence-corrected chi connectivity index (χ3v) is 3.02. The van der Waals surface area contributed by atoms with Gasteiger partial charge in [0.25, 0.3) is 0 Å². The molecule has 142 valence electrons. The zero-order valence-electron chi connectivity index (χ0n) is 13.7. The molecular weight excluding hydrogens is 338 g/mol. The van der Waals surface area contributed by atoms with E-state index in [-0.39, 0.29) is 12.8 Å². The Kier molecular flexibility index (Phi) is 9.74. The number of carbonyl (C=O) groups excluding carboxylic acids is 4. The fourth-order valence-electron chi connectivity index (χ4n) is 1.56. The van der Waals surface area contributed by atoms with Gasteiger partial charge < -0.3 is 37.6 Å². The van der Waals surface area contributed by atoms with Crippen LogP contribution in [0.2, 0.25) is 0 Å². The monoisotopic (exact) mass is 361 g/mol. The number of aliphatic hydroxyl groups is 1. The molecule has 0 rings (SSSR count). The van der Waals surface area contributed by atoms with Crippen molar-refractivity contribution in [3.05, 3.63) is 0 Å². The standard InChI is InChI=1S/C13H23N5O7/c1-6(13(24)25)17-12(23)8(2-3-9(15)20)18-10(21)4-16-11(22)7(14)5-19/h6-8,19H,2-5,14H2,1H3,(H2,15,20)(H,16,22)(H,17,23)(H,18,21)(H,24,25). The van der Waals surface area contributed by atoms with E-state index in [1.54, 1.807) is 0 Å². The summed E-state index contributed by atoms with van der Waals surface area (Å²) in [5, 5.41) is 24.0. The van der Waals surface area contributed by atoms with Gasteiger partial charge in [-0.15, -0.1) is 0 Å². The molecule has 0 spiro atoms. The van der Waals surface area contributed by atoms with Crippen molar-refractivity contribution in [2.24, 2.45) is 11.5 Å². The highest BCUT2D eigenvalue weighted by atomic mass is 16.4. The number of primary amides is 1. The Morgan fingerprint density at radius 3 is 2.16 bits per heavy atom. The quantitative estimate of drug-likeness (QED) is 0.191. The van der Waals surface area contributed by atoms with Gasteiger partial charge in [-0.1, -0.05) is 0 Å². The van der Waals surface area contributed by atoms with Crippen LogP contribution in [-0.4, -0.2) is 71.1 Å². The molecule has 4 amide bonds. The third-order valence-electron chi connectivity index (χ3n) is 3.02. The molecule has 0 aliphatic heterocycles. The number of rotatable bonds is 11. The van der Waals surface area contributed by atoms with Gasteiger partial charge in [0.1, 0.15) is 18.1 Å². The summed E-state index contributed by atoms with van der Waals surface area (Å²) in [6.07, 6.45) is -0.370. The van der Waals surface area contributed by atoms with Crippen molar-refractivity contribution in [2.45, 2.75) is 37.9 Å². The van der Waals surface area contributed by atoms with Crippen molar-refractivity contribution in [3.8, 4) is 0 Å². The molecule has 12 heteroatoms. The van der Waals surface area contributed by atoms with E-state index < -0.39 is 60.9 Å². The summed E-state index contributed by atoms with van der Waals surface area (Å²) >= 11 is 0. The van der Waals surface area contributed by atoms with Crippen LogP contribution in [0.1, 0.15) is 19.8 Å². The Hall–Kier alpha value is -2.73. The van der Waals surface area contributed by atoms with E-state index in [9.17, 15) is 24.0 Å². The second-order valence-corrected chi connectivity index (χ2v) is 5.20. The summed E-state index contributed by atoms with van der Waals surface area (Å²) in [4.78, 5) is 56.8. The lowest BCUT2D eigenvalue weighted by atomic mass is 10.1. The Balaban J connectivity index is 4.73. The number of hydrogen-bond donors (Lipinski definition) is 7. The zero-order valence-corrected chi connectivity index (χ0v) is 13.7. The van der Waals surface area contributed by atoms with Crippen LogP contribution < -0.4 is 27.4 Å². The topological polar surface area (TPSA) is 214 Å². The normalized spacial score (nSPS) is 13.9. The lowest BCUT2D eigenvalue weighted by Crippen LogP contribution is -2.53. The molecule has 0 radical (unpaired) electrons. The van der Waals surface area contributed by atoms with Crippen LogP contribution in [0, 0.1) is 0 Å². The highest BCUT2D eigenvalue weighted by molar-refractivity contribution is 5.92. The molecule has 12 nitrogen and oxygen atoms in total. The van der Waals surface area contributed by atoms with Gasteiger partial charge in [0.15, 0.2) is 0 Å². The number of nitrogens with two attached hydrogens (primary N) is 2. The number of amides is 4. The SMILES string of the molecule is CC(NC(=O)C(CCC(N)=O)NC(=O)CNC(=O)C(N)CO)C(=O)O. The van der Waals surface area contributed by atoms with Crippen molar-refractivity contribution >= 4 is 29.6 Å². The second kappa shape index (κ2) is 10.9. The van der Waals surface area contributed by atoms with Gasteiger partial charge in [0, 0.05) is 6.42 Å². The van der Waals surface area contributed by atoms with E-state index in [2.05, 4.69) is 16.0 Å². The Morgan fingerprint density at radius 1 is 1.08 bits per heavy atom. The Labute approximate surface area is 143 Å². The van der Waals surface area contributed by atoms with Crippen LogP contribution in [-0.2, 0) is 24.0 Å². The van der Waals surface area contributed by atoms with E-state index in [0.717, 1.165) is 0 Å². The van der Waals surface area contributed by atoms with Crippen LogP contribution in [0.4, 0.5) is 0 Å². The van der Waals surface area contributed by atoms with Crippen LogP contribution in [0.3, 0.4) is 0 Å². The lowest BCUT2D eigenvalue weighted by Gasteiger charge is -2.20. The molecule has 0 aliphatic rings. The maximum Gasteiger partial charge on any atom is 0.325 e. The first kappa shape index (κ1) is 22.3. The predicted octanol–water partition coefficient (Wildman–Crippen LogP) is -4.24. The van der Waals surface area contributed by atoms with Gasteiger partial charge in [0.05, 0.1) is 13.2 Å². The van der Waals surface area contributed by atoms with Crippen molar-refractivity contribution < 1.29 is 34.2 Å². The molecule has 0 heterocycles. The summed E-state index contributed by atoms with van der Waals surface area (Å²) in [7, 11) is 0. The highest BCUT2D eigenvalue weighted by Crippen LogP contribution is 1.99. The summed E-state index contributed by atoms with van der Waals surface area (Å²) in [5.74, 6) is -4.34. The molecule has 0 fully saturated rings. The predicted molar refractivity (Wildman–Crippen MR) is 83.7 cm³/mol. The first-order valence-corrected chi connectivity index (χ1v) is 7.33. The molecule has 0 aromatic rings. The van der Waals surface area contributed by atoms with Gasteiger partial charge in [-0.25, -0.2) is 0 Å². The Morgan fingerprint density at radius 2 is 1.68 bits per heavy atom. The van der Waals surface area contributed by atoms with Crippen molar-refractivity contribution in [1.29, 1.82) is 0 Å². The highest BCUT2D eigenvalue weighted by Gasteiger charge is 2.25. The van der Waals surface area contributed by atoms with Crippen molar-refractivity contribution in [1.82, 2.24) is 16.0 Å². The minimum Gasteiger partial charge on any atom is -0.480 e. The maximum absolute atomic E-state index is 12.0. The fraction of sp³-hybridized carbons (Fsp3) is 0.615. The van der Waals surface area contributed by atoms with E-state index in [1.807, 2.05) is 0 Å². The van der Waals surface area contributed by atoms with Crippen LogP contribution >= 0.6 is 0 Å². The largest absolute Gasteiger partial charge is 0.480 e. The molecule has 0 bridgehead atoms. The van der Waals surface area contributed by atoms with Crippen LogP contribution in [0.15, 0.2) is 0 Å².